The minimum atomic E-state index is 0.0332. The lowest BCUT2D eigenvalue weighted by Crippen LogP contribution is -2.47. The third-order valence-electron chi connectivity index (χ3n) is 2.03. The Morgan fingerprint density at radius 1 is 1.50 bits per heavy atom. The van der Waals surface area contributed by atoms with Crippen LogP contribution in [0.15, 0.2) is 0 Å². The van der Waals surface area contributed by atoms with Gasteiger partial charge in [-0.25, -0.2) is 0 Å². The number of hydrogen-bond donors (Lipinski definition) is 1. The molecule has 1 fully saturated rings. The van der Waals surface area contributed by atoms with Crippen molar-refractivity contribution in [2.75, 3.05) is 13.6 Å². The van der Waals surface area contributed by atoms with E-state index in [-0.39, 0.29) is 17.5 Å². The molecule has 0 aromatic carbocycles. The standard InChI is InChI=1S/C9H18N2O/c1-9(2,3)10-7-5-6-11(4)8(7)12/h7,10H,5-6H2,1-4H3. The van der Waals surface area contributed by atoms with E-state index in [9.17, 15) is 4.79 Å². The van der Waals surface area contributed by atoms with Gasteiger partial charge in [0.1, 0.15) is 0 Å². The van der Waals surface area contributed by atoms with Crippen molar-refractivity contribution in [3.05, 3.63) is 0 Å². The fourth-order valence-electron chi connectivity index (χ4n) is 1.48. The summed E-state index contributed by atoms with van der Waals surface area (Å²) in [5.41, 5.74) is 0.0332. The molecule has 1 unspecified atom stereocenters. The van der Waals surface area contributed by atoms with Crippen LogP contribution in [0, 0.1) is 0 Å². The number of hydrogen-bond acceptors (Lipinski definition) is 2. The summed E-state index contributed by atoms with van der Waals surface area (Å²) in [5.74, 6) is 0.227. The number of carbonyl (C=O) groups is 1. The Morgan fingerprint density at radius 2 is 2.08 bits per heavy atom. The highest BCUT2D eigenvalue weighted by Gasteiger charge is 2.31. The molecule has 1 aliphatic rings. The molecule has 0 aliphatic carbocycles. The molecule has 3 nitrogen and oxygen atoms in total. The predicted molar refractivity (Wildman–Crippen MR) is 48.9 cm³/mol. The second kappa shape index (κ2) is 3.05. The Labute approximate surface area is 74.1 Å². The number of nitrogens with zero attached hydrogens (tertiary/aromatic N) is 1. The maximum Gasteiger partial charge on any atom is 0.239 e. The van der Waals surface area contributed by atoms with E-state index in [0.717, 1.165) is 13.0 Å². The van der Waals surface area contributed by atoms with Crippen molar-refractivity contribution < 1.29 is 4.79 Å². The van der Waals surface area contributed by atoms with Gasteiger partial charge in [-0.05, 0) is 27.2 Å². The van der Waals surface area contributed by atoms with Gasteiger partial charge in [0.25, 0.3) is 0 Å². The molecule has 1 amide bonds. The molecule has 0 bridgehead atoms. The molecule has 0 aromatic heterocycles. The molecule has 0 aromatic rings. The van der Waals surface area contributed by atoms with E-state index in [1.807, 2.05) is 7.05 Å². The molecule has 1 heterocycles. The van der Waals surface area contributed by atoms with E-state index in [2.05, 4.69) is 26.1 Å². The van der Waals surface area contributed by atoms with Crippen LogP contribution in [0.1, 0.15) is 27.2 Å². The predicted octanol–water partition coefficient (Wildman–Crippen LogP) is 0.605. The molecule has 1 N–H and O–H groups in total. The van der Waals surface area contributed by atoms with Gasteiger partial charge in [0, 0.05) is 19.1 Å². The second-order valence-electron chi connectivity index (χ2n) is 4.50. The van der Waals surface area contributed by atoms with Gasteiger partial charge in [0.05, 0.1) is 6.04 Å². The van der Waals surface area contributed by atoms with E-state index >= 15 is 0 Å². The van der Waals surface area contributed by atoms with E-state index < -0.39 is 0 Å². The number of rotatable bonds is 1. The maximum absolute atomic E-state index is 11.4. The number of carbonyl (C=O) groups excluding carboxylic acids is 1. The lowest BCUT2D eigenvalue weighted by molar-refractivity contribution is -0.128. The SMILES string of the molecule is CN1CCC(NC(C)(C)C)C1=O. The molecule has 70 valence electrons. The normalized spacial score (nSPS) is 25.2. The molecule has 1 rings (SSSR count). The molecule has 1 aliphatic heterocycles. The van der Waals surface area contributed by atoms with Gasteiger partial charge in [-0.2, -0.15) is 0 Å². The Morgan fingerprint density at radius 3 is 2.42 bits per heavy atom. The highest BCUT2D eigenvalue weighted by atomic mass is 16.2. The zero-order valence-electron chi connectivity index (χ0n) is 8.35. The lowest BCUT2D eigenvalue weighted by Gasteiger charge is -2.24. The molecule has 1 atom stereocenters. The van der Waals surface area contributed by atoms with Gasteiger partial charge in [0.15, 0.2) is 0 Å². The summed E-state index contributed by atoms with van der Waals surface area (Å²) in [5, 5.41) is 3.31. The van der Waals surface area contributed by atoms with Crippen LogP contribution in [-0.2, 0) is 4.79 Å². The summed E-state index contributed by atoms with van der Waals surface area (Å²) >= 11 is 0. The molecular formula is C9H18N2O. The van der Waals surface area contributed by atoms with Crippen molar-refractivity contribution in [3.63, 3.8) is 0 Å². The van der Waals surface area contributed by atoms with Gasteiger partial charge in [-0.1, -0.05) is 0 Å². The number of likely N-dealkylation sites (N-methyl/N-ethyl adjacent to an activating group) is 1. The molecule has 0 saturated carbocycles. The molecule has 12 heavy (non-hydrogen) atoms. The van der Waals surface area contributed by atoms with Crippen LogP contribution >= 0.6 is 0 Å². The van der Waals surface area contributed by atoms with Crippen LogP contribution in [0.5, 0.6) is 0 Å². The molecule has 0 radical (unpaired) electrons. The van der Waals surface area contributed by atoms with Crippen molar-refractivity contribution in [1.29, 1.82) is 0 Å². The van der Waals surface area contributed by atoms with Gasteiger partial charge >= 0.3 is 0 Å². The largest absolute Gasteiger partial charge is 0.344 e. The van der Waals surface area contributed by atoms with Crippen LogP contribution in [0.25, 0.3) is 0 Å². The van der Waals surface area contributed by atoms with Gasteiger partial charge < -0.3 is 10.2 Å². The van der Waals surface area contributed by atoms with Gasteiger partial charge in [-0.15, -0.1) is 0 Å². The second-order valence-corrected chi connectivity index (χ2v) is 4.50. The van der Waals surface area contributed by atoms with Crippen molar-refractivity contribution in [1.82, 2.24) is 10.2 Å². The first-order chi connectivity index (χ1) is 5.40. The quantitative estimate of drug-likeness (QED) is 0.625. The summed E-state index contributed by atoms with van der Waals surface area (Å²) in [6.45, 7) is 7.13. The number of likely N-dealkylation sites (tertiary alicyclic amines) is 1. The number of nitrogens with one attached hydrogen (secondary N) is 1. The fourth-order valence-corrected chi connectivity index (χ4v) is 1.48. The van der Waals surface area contributed by atoms with Gasteiger partial charge in [-0.3, -0.25) is 4.79 Å². The molecule has 0 spiro atoms. The Bertz CT molecular complexity index is 183. The molecular weight excluding hydrogens is 152 g/mol. The van der Waals surface area contributed by atoms with Crippen LogP contribution in [-0.4, -0.2) is 36.0 Å². The van der Waals surface area contributed by atoms with Crippen LogP contribution in [0.2, 0.25) is 0 Å². The van der Waals surface area contributed by atoms with Crippen molar-refractivity contribution in [2.24, 2.45) is 0 Å². The third kappa shape index (κ3) is 2.21. The topological polar surface area (TPSA) is 32.3 Å². The van der Waals surface area contributed by atoms with E-state index in [4.69, 9.17) is 0 Å². The van der Waals surface area contributed by atoms with Gasteiger partial charge in [0.2, 0.25) is 5.91 Å². The minimum Gasteiger partial charge on any atom is -0.344 e. The van der Waals surface area contributed by atoms with Crippen LogP contribution in [0.4, 0.5) is 0 Å². The first-order valence-corrected chi connectivity index (χ1v) is 4.43. The van der Waals surface area contributed by atoms with Crippen molar-refractivity contribution in [2.45, 2.75) is 38.8 Å². The molecule has 3 heteroatoms. The lowest BCUT2D eigenvalue weighted by atomic mass is 10.1. The van der Waals surface area contributed by atoms with Crippen molar-refractivity contribution in [3.8, 4) is 0 Å². The monoisotopic (exact) mass is 170 g/mol. The summed E-state index contributed by atoms with van der Waals surface area (Å²) < 4.78 is 0. The third-order valence-corrected chi connectivity index (χ3v) is 2.03. The average molecular weight is 170 g/mol. The average Bonchev–Trinajstić information content (AvgIpc) is 2.16. The van der Waals surface area contributed by atoms with E-state index in [0.29, 0.717) is 0 Å². The van der Waals surface area contributed by atoms with Crippen LogP contribution < -0.4 is 5.32 Å². The van der Waals surface area contributed by atoms with E-state index in [1.165, 1.54) is 0 Å². The summed E-state index contributed by atoms with van der Waals surface area (Å²) in [6.07, 6.45) is 0.937. The first-order valence-electron chi connectivity index (χ1n) is 4.43. The summed E-state index contributed by atoms with van der Waals surface area (Å²) in [4.78, 5) is 13.2. The first kappa shape index (κ1) is 9.52. The number of amides is 1. The highest BCUT2D eigenvalue weighted by Crippen LogP contribution is 2.12. The maximum atomic E-state index is 11.4. The Balaban J connectivity index is 2.50. The Kier molecular flexibility index (Phi) is 2.42. The smallest absolute Gasteiger partial charge is 0.239 e. The minimum absolute atomic E-state index is 0.0332. The van der Waals surface area contributed by atoms with E-state index in [1.54, 1.807) is 4.90 Å². The zero-order chi connectivity index (χ0) is 9.35. The summed E-state index contributed by atoms with van der Waals surface area (Å²) in [7, 11) is 1.85. The van der Waals surface area contributed by atoms with Crippen LogP contribution in [0.3, 0.4) is 0 Å². The fraction of sp³-hybridized carbons (Fsp3) is 0.889. The summed E-state index contributed by atoms with van der Waals surface area (Å²) in [6, 6.07) is 0.0370. The highest BCUT2D eigenvalue weighted by molar-refractivity contribution is 5.83. The Hall–Kier alpha value is -0.570. The zero-order valence-corrected chi connectivity index (χ0v) is 8.35. The van der Waals surface area contributed by atoms with Crippen molar-refractivity contribution >= 4 is 5.91 Å². The molecule has 1 saturated heterocycles.